The van der Waals surface area contributed by atoms with Crippen LogP contribution in [0, 0.1) is 11.6 Å². The Bertz CT molecular complexity index is 2210. The fourth-order valence-corrected chi connectivity index (χ4v) is 7.47. The Morgan fingerprint density at radius 3 is 1.43 bits per heavy atom. The number of nitrogens with zero attached hydrogens (tertiary/aromatic N) is 6. The van der Waals surface area contributed by atoms with Gasteiger partial charge in [-0.1, -0.05) is 25.6 Å². The minimum atomic E-state index is -0.521. The number of pyridine rings is 2. The van der Waals surface area contributed by atoms with Crippen molar-refractivity contribution in [2.45, 2.75) is 112 Å². The Kier molecular flexibility index (Phi) is 21.6. The molecule has 0 radical (unpaired) electrons. The van der Waals surface area contributed by atoms with Gasteiger partial charge >= 0.3 is 18.2 Å². The molecule has 4 aromatic rings. The highest BCUT2D eigenvalue weighted by Crippen LogP contribution is 2.22. The van der Waals surface area contributed by atoms with Gasteiger partial charge in [0.25, 0.3) is 0 Å². The van der Waals surface area contributed by atoms with E-state index in [1.807, 2.05) is 78.2 Å². The predicted molar refractivity (Wildman–Crippen MR) is 265 cm³/mol. The molecule has 5 heterocycles. The highest BCUT2D eigenvalue weighted by atomic mass is 19.1. The molecule has 3 saturated heterocycles. The number of amides is 2. The number of aromatic nitrogens is 2. The van der Waals surface area contributed by atoms with Crippen molar-refractivity contribution >= 4 is 29.5 Å². The van der Waals surface area contributed by atoms with Crippen LogP contribution in [0.3, 0.4) is 0 Å². The maximum absolute atomic E-state index is 14.4. The van der Waals surface area contributed by atoms with Gasteiger partial charge in [0.05, 0.1) is 42.5 Å². The van der Waals surface area contributed by atoms with E-state index in [4.69, 9.17) is 24.1 Å². The van der Waals surface area contributed by atoms with Gasteiger partial charge in [-0.2, -0.15) is 0 Å². The molecular weight excluding hydrogens is 887 g/mol. The summed E-state index contributed by atoms with van der Waals surface area (Å²) < 4.78 is 49.1. The Hall–Kier alpha value is -5.87. The van der Waals surface area contributed by atoms with Gasteiger partial charge in [-0.05, 0) is 146 Å². The maximum atomic E-state index is 14.4. The summed E-state index contributed by atoms with van der Waals surface area (Å²) in [4.78, 5) is 53.0. The van der Waals surface area contributed by atoms with Gasteiger partial charge in [0.15, 0.2) is 0 Å². The molecule has 0 aliphatic carbocycles. The first-order valence-corrected chi connectivity index (χ1v) is 23.7. The zero-order valence-corrected chi connectivity index (χ0v) is 40.9. The van der Waals surface area contributed by atoms with Gasteiger partial charge in [0.2, 0.25) is 0 Å². The number of hydrogen-bond acceptors (Lipinski definition) is 12. The number of esters is 1. The van der Waals surface area contributed by atoms with Crippen LogP contribution in [0.4, 0.5) is 29.7 Å². The first-order valence-electron chi connectivity index (χ1n) is 23.7. The SMILES string of the molecule is C.C1CCOC1.CC(C)(C)OC(=O)N1CCN(c2ccc(CCc3ccc(CO)cc3F)nc2)CC1.CCOC(=O)c1ccc(CCc2ccc(N3CCN(C(=O)OC(C)(C)C)CC3)cn2)c(F)c1. The third-order valence-corrected chi connectivity index (χ3v) is 11.2. The molecule has 16 heteroatoms. The third kappa shape index (κ3) is 18.5. The van der Waals surface area contributed by atoms with E-state index in [0.29, 0.717) is 81.6 Å². The summed E-state index contributed by atoms with van der Waals surface area (Å²) in [6.45, 7) is 20.3. The standard InChI is InChI=1S/C25H32FN3O4.C23H30FN3O3.C4H8O.CH4/c1-5-32-23(30)19-7-6-18(22(26)16-19)8-9-20-10-11-21(17-27-20)28-12-14-29(15-13-28)24(31)33-25(2,3)4;1-23(2,3)30-22(29)27-12-10-26(11-13-27)20-9-8-19(25-15-20)7-6-18-5-4-17(16-28)14-21(18)24;1-2-4-5-3-1;/h6-7,10-11,16-17H,5,8-9,12-15H2,1-4H3;4-5,8-9,14-15,28H,6-7,10-13,16H2,1-3H3;1-4H2;1H4. The molecule has 378 valence electrons. The average molecular weight is 961 g/mol. The number of halogens is 2. The normalized spacial score (nSPS) is 14.9. The van der Waals surface area contributed by atoms with Crippen LogP contribution < -0.4 is 9.80 Å². The van der Waals surface area contributed by atoms with Crippen molar-refractivity contribution < 1.29 is 47.2 Å². The van der Waals surface area contributed by atoms with Crippen molar-refractivity contribution in [3.05, 3.63) is 118 Å². The number of benzene rings is 2. The van der Waals surface area contributed by atoms with E-state index < -0.39 is 23.0 Å². The number of aliphatic hydroxyl groups excluding tert-OH is 1. The molecule has 0 spiro atoms. The van der Waals surface area contributed by atoms with Crippen molar-refractivity contribution in [3.63, 3.8) is 0 Å². The lowest BCUT2D eigenvalue weighted by atomic mass is 10.0. The van der Waals surface area contributed by atoms with Crippen molar-refractivity contribution in [1.82, 2.24) is 19.8 Å². The van der Waals surface area contributed by atoms with Crippen LogP contribution in [0.1, 0.15) is 107 Å². The number of aliphatic hydroxyl groups is 1. The second-order valence-corrected chi connectivity index (χ2v) is 18.9. The first-order chi connectivity index (χ1) is 32.4. The lowest BCUT2D eigenvalue weighted by Crippen LogP contribution is -2.50. The zero-order chi connectivity index (χ0) is 49.3. The Morgan fingerprint density at radius 1 is 0.638 bits per heavy atom. The van der Waals surface area contributed by atoms with Crippen molar-refractivity contribution in [2.75, 3.05) is 82.0 Å². The van der Waals surface area contributed by atoms with Gasteiger partial charge in [0.1, 0.15) is 22.8 Å². The molecule has 2 aromatic heterocycles. The summed E-state index contributed by atoms with van der Waals surface area (Å²) in [7, 11) is 0. The van der Waals surface area contributed by atoms with Crippen LogP contribution in [0.25, 0.3) is 0 Å². The minimum absolute atomic E-state index is 0. The molecule has 0 saturated carbocycles. The largest absolute Gasteiger partial charge is 0.462 e. The topological polar surface area (TPSA) is 147 Å². The number of anilines is 2. The smallest absolute Gasteiger partial charge is 0.410 e. The van der Waals surface area contributed by atoms with Crippen LogP contribution in [0.2, 0.25) is 0 Å². The lowest BCUT2D eigenvalue weighted by molar-refractivity contribution is 0.0230. The quantitative estimate of drug-likeness (QED) is 0.113. The number of piperazine rings is 2. The molecule has 2 amide bonds. The summed E-state index contributed by atoms with van der Waals surface area (Å²) in [6.07, 6.45) is 7.93. The highest BCUT2D eigenvalue weighted by Gasteiger charge is 2.27. The highest BCUT2D eigenvalue weighted by molar-refractivity contribution is 5.89. The summed E-state index contributed by atoms with van der Waals surface area (Å²) in [5.74, 6) is -1.23. The van der Waals surface area contributed by atoms with E-state index in [0.717, 1.165) is 49.1 Å². The van der Waals surface area contributed by atoms with E-state index in [-0.39, 0.29) is 44.2 Å². The molecule has 69 heavy (non-hydrogen) atoms. The molecule has 2 aromatic carbocycles. The first kappa shape index (κ1) is 55.7. The summed E-state index contributed by atoms with van der Waals surface area (Å²) in [5, 5.41) is 9.07. The fraction of sp³-hybridized carbons (Fsp3) is 0.528. The summed E-state index contributed by atoms with van der Waals surface area (Å²) in [5.41, 5.74) is 4.73. The number of aryl methyl sites for hydroxylation is 4. The van der Waals surface area contributed by atoms with Crippen LogP contribution in [-0.2, 0) is 51.2 Å². The Morgan fingerprint density at radius 2 is 1.09 bits per heavy atom. The number of hydrogen-bond donors (Lipinski definition) is 1. The monoisotopic (exact) mass is 961 g/mol. The number of ether oxygens (including phenoxy) is 4. The molecule has 3 aliphatic heterocycles. The molecular formula is C53H74F2N6O8. The molecule has 0 atom stereocenters. The van der Waals surface area contributed by atoms with Gasteiger partial charge in [-0.15, -0.1) is 0 Å². The Labute approximate surface area is 407 Å². The average Bonchev–Trinajstić information content (AvgIpc) is 3.91. The van der Waals surface area contributed by atoms with Crippen LogP contribution in [-0.4, -0.2) is 126 Å². The van der Waals surface area contributed by atoms with Gasteiger partial charge in [-0.25, -0.2) is 23.2 Å². The zero-order valence-electron chi connectivity index (χ0n) is 40.9. The van der Waals surface area contributed by atoms with Gasteiger partial charge in [0, 0.05) is 77.0 Å². The van der Waals surface area contributed by atoms with Crippen LogP contribution in [0.5, 0.6) is 0 Å². The number of carbonyl (C=O) groups excluding carboxylic acids is 3. The summed E-state index contributed by atoms with van der Waals surface area (Å²) in [6, 6.07) is 17.2. The Balaban J connectivity index is 0.000000269. The van der Waals surface area contributed by atoms with E-state index in [1.54, 1.807) is 41.0 Å². The molecule has 1 N–H and O–H groups in total. The predicted octanol–water partition coefficient (Wildman–Crippen LogP) is 9.23. The molecule has 7 rings (SSSR count). The molecule has 3 fully saturated rings. The molecule has 0 bridgehead atoms. The molecule has 14 nitrogen and oxygen atoms in total. The van der Waals surface area contributed by atoms with E-state index >= 15 is 0 Å². The lowest BCUT2D eigenvalue weighted by Gasteiger charge is -2.36. The molecule has 3 aliphatic rings. The van der Waals surface area contributed by atoms with Crippen LogP contribution >= 0.6 is 0 Å². The third-order valence-electron chi connectivity index (χ3n) is 11.2. The second kappa shape index (κ2) is 26.8. The van der Waals surface area contributed by atoms with Crippen LogP contribution in [0.15, 0.2) is 73.1 Å². The molecule has 0 unspecified atom stereocenters. The fourth-order valence-electron chi connectivity index (χ4n) is 7.47. The van der Waals surface area contributed by atoms with Crippen molar-refractivity contribution in [3.8, 4) is 0 Å². The van der Waals surface area contributed by atoms with E-state index in [2.05, 4.69) is 19.8 Å². The number of rotatable bonds is 11. The number of carbonyl (C=O) groups is 3. The van der Waals surface area contributed by atoms with Crippen molar-refractivity contribution in [1.29, 1.82) is 0 Å². The van der Waals surface area contributed by atoms with Gasteiger partial charge < -0.3 is 43.7 Å². The van der Waals surface area contributed by atoms with Crippen molar-refractivity contribution in [2.24, 2.45) is 0 Å². The minimum Gasteiger partial charge on any atom is -0.462 e. The second-order valence-electron chi connectivity index (χ2n) is 18.9. The van der Waals surface area contributed by atoms with E-state index in [9.17, 15) is 23.2 Å². The van der Waals surface area contributed by atoms with Gasteiger partial charge in [-0.3, -0.25) is 9.97 Å². The maximum Gasteiger partial charge on any atom is 0.410 e. The van der Waals surface area contributed by atoms with E-state index in [1.165, 1.54) is 25.0 Å². The summed E-state index contributed by atoms with van der Waals surface area (Å²) >= 11 is 0.